The highest BCUT2D eigenvalue weighted by Crippen LogP contribution is 2.26. The Bertz CT molecular complexity index is 566. The van der Waals surface area contributed by atoms with Crippen molar-refractivity contribution in [3.05, 3.63) is 16.5 Å². The van der Waals surface area contributed by atoms with Crippen molar-refractivity contribution >= 4 is 33.8 Å². The van der Waals surface area contributed by atoms with Gasteiger partial charge in [-0.2, -0.15) is 0 Å². The van der Waals surface area contributed by atoms with Gasteiger partial charge in [-0.25, -0.2) is 13.1 Å². The third kappa shape index (κ3) is 4.40. The van der Waals surface area contributed by atoms with Gasteiger partial charge in [0.2, 0.25) is 10.0 Å². The molecule has 1 saturated heterocycles. The summed E-state index contributed by atoms with van der Waals surface area (Å²) >= 11 is 1.31. The third-order valence-electron chi connectivity index (χ3n) is 3.59. The summed E-state index contributed by atoms with van der Waals surface area (Å²) in [5.74, 6) is 0. The van der Waals surface area contributed by atoms with Crippen LogP contribution in [0.2, 0.25) is 0 Å². The van der Waals surface area contributed by atoms with Crippen LogP contribution in [-0.2, 0) is 14.8 Å². The average Bonchev–Trinajstić information content (AvgIpc) is 2.95. The van der Waals surface area contributed by atoms with E-state index >= 15 is 0 Å². The molecule has 0 spiro atoms. The van der Waals surface area contributed by atoms with Crippen LogP contribution in [-0.4, -0.2) is 40.8 Å². The van der Waals surface area contributed by atoms with Gasteiger partial charge in [0.15, 0.2) is 0 Å². The Hall–Kier alpha value is -0.180. The van der Waals surface area contributed by atoms with Crippen molar-refractivity contribution in [1.29, 1.82) is 0 Å². The molecule has 0 amide bonds. The van der Waals surface area contributed by atoms with Gasteiger partial charge in [-0.1, -0.05) is 0 Å². The van der Waals surface area contributed by atoms with Crippen LogP contribution in [0, 0.1) is 13.8 Å². The van der Waals surface area contributed by atoms with Crippen LogP contribution in [0.1, 0.15) is 23.3 Å². The van der Waals surface area contributed by atoms with Crippen molar-refractivity contribution in [2.45, 2.75) is 36.4 Å². The van der Waals surface area contributed by atoms with E-state index in [2.05, 4.69) is 10.0 Å². The first kappa shape index (κ1) is 18.9. The van der Waals surface area contributed by atoms with Crippen molar-refractivity contribution in [2.75, 3.05) is 26.8 Å². The van der Waals surface area contributed by atoms with Crippen LogP contribution in [0.3, 0.4) is 0 Å². The Kier molecular flexibility index (Phi) is 6.64. The predicted molar refractivity (Wildman–Crippen MR) is 88.1 cm³/mol. The number of hydrogen-bond acceptors (Lipinski definition) is 5. The maximum Gasteiger partial charge on any atom is 0.250 e. The van der Waals surface area contributed by atoms with E-state index in [1.54, 1.807) is 7.11 Å². The van der Waals surface area contributed by atoms with Gasteiger partial charge in [-0.3, -0.25) is 0 Å². The molecule has 8 heteroatoms. The van der Waals surface area contributed by atoms with Gasteiger partial charge < -0.3 is 10.1 Å². The molecule has 21 heavy (non-hydrogen) atoms. The summed E-state index contributed by atoms with van der Waals surface area (Å²) in [6.45, 7) is 5.53. The summed E-state index contributed by atoms with van der Waals surface area (Å²) in [6, 6.07) is 1.90. The van der Waals surface area contributed by atoms with E-state index in [9.17, 15) is 8.42 Å². The van der Waals surface area contributed by atoms with E-state index < -0.39 is 10.0 Å². The number of halogens is 1. The SMILES string of the molecule is COCC1(CNS(=O)(=O)c2sc(C)cc2C)CCCN1.Cl. The molecule has 1 fully saturated rings. The minimum Gasteiger partial charge on any atom is -0.383 e. The Morgan fingerprint density at radius 2 is 2.19 bits per heavy atom. The molecule has 1 atom stereocenters. The molecule has 2 rings (SSSR count). The molecular weight excluding hydrogens is 332 g/mol. The number of aryl methyl sites for hydroxylation is 2. The van der Waals surface area contributed by atoms with Crippen LogP contribution in [0.4, 0.5) is 0 Å². The zero-order valence-corrected chi connectivity index (χ0v) is 15.0. The number of rotatable bonds is 6. The molecule has 1 aromatic heterocycles. The number of hydrogen-bond donors (Lipinski definition) is 2. The van der Waals surface area contributed by atoms with Gasteiger partial charge in [0.05, 0.1) is 12.1 Å². The highest BCUT2D eigenvalue weighted by atomic mass is 35.5. The second kappa shape index (κ2) is 7.39. The second-order valence-corrected chi connectivity index (χ2v) is 8.61. The molecule has 2 N–H and O–H groups in total. The summed E-state index contributed by atoms with van der Waals surface area (Å²) in [4.78, 5) is 1.01. The second-order valence-electron chi connectivity index (χ2n) is 5.40. The summed E-state index contributed by atoms with van der Waals surface area (Å²) in [5, 5.41) is 3.37. The number of ether oxygens (including phenoxy) is 1. The Morgan fingerprint density at radius 3 is 2.67 bits per heavy atom. The van der Waals surface area contributed by atoms with E-state index in [4.69, 9.17) is 4.74 Å². The molecular formula is C13H23ClN2O3S2. The minimum absolute atomic E-state index is 0. The van der Waals surface area contributed by atoms with E-state index in [0.717, 1.165) is 29.8 Å². The number of thiophene rings is 1. The molecule has 1 unspecified atom stereocenters. The molecule has 1 aromatic rings. The van der Waals surface area contributed by atoms with E-state index in [0.29, 0.717) is 17.4 Å². The number of methoxy groups -OCH3 is 1. The standard InChI is InChI=1S/C13H22N2O3S2.ClH/c1-10-7-11(2)19-12(10)20(16,17)15-8-13(9-18-3)5-4-6-14-13;/h7,14-15H,4-6,8-9H2,1-3H3;1H. The van der Waals surface area contributed by atoms with E-state index in [1.807, 2.05) is 19.9 Å². The lowest BCUT2D eigenvalue weighted by Gasteiger charge is -2.28. The molecule has 2 heterocycles. The van der Waals surface area contributed by atoms with Gasteiger partial charge in [-0.05, 0) is 44.9 Å². The quantitative estimate of drug-likeness (QED) is 0.818. The van der Waals surface area contributed by atoms with Crippen LogP contribution >= 0.6 is 23.7 Å². The van der Waals surface area contributed by atoms with Crippen molar-refractivity contribution in [2.24, 2.45) is 0 Å². The first-order chi connectivity index (χ1) is 9.38. The highest BCUT2D eigenvalue weighted by molar-refractivity contribution is 7.91. The molecule has 0 aromatic carbocycles. The Labute approximate surface area is 136 Å². The molecule has 122 valence electrons. The summed E-state index contributed by atoms with van der Waals surface area (Å²) in [6.07, 6.45) is 1.97. The summed E-state index contributed by atoms with van der Waals surface area (Å²) in [7, 11) is -1.80. The molecule has 1 aliphatic rings. The largest absolute Gasteiger partial charge is 0.383 e. The lowest BCUT2D eigenvalue weighted by Crippen LogP contribution is -2.52. The molecule has 0 saturated carbocycles. The molecule has 0 bridgehead atoms. The Morgan fingerprint density at radius 1 is 1.48 bits per heavy atom. The lowest BCUT2D eigenvalue weighted by molar-refractivity contribution is 0.122. The first-order valence-electron chi connectivity index (χ1n) is 6.69. The predicted octanol–water partition coefficient (Wildman–Crippen LogP) is 1.83. The fraction of sp³-hybridized carbons (Fsp3) is 0.692. The molecule has 1 aliphatic heterocycles. The Balaban J connectivity index is 0.00000220. The summed E-state index contributed by atoms with van der Waals surface area (Å²) in [5.41, 5.74) is 0.530. The number of sulfonamides is 1. The van der Waals surface area contributed by atoms with Crippen LogP contribution in [0.5, 0.6) is 0 Å². The van der Waals surface area contributed by atoms with Crippen molar-refractivity contribution in [1.82, 2.24) is 10.0 Å². The lowest BCUT2D eigenvalue weighted by atomic mass is 9.99. The van der Waals surface area contributed by atoms with Gasteiger partial charge in [-0.15, -0.1) is 23.7 Å². The van der Waals surface area contributed by atoms with Crippen molar-refractivity contribution in [3.63, 3.8) is 0 Å². The maximum absolute atomic E-state index is 12.4. The van der Waals surface area contributed by atoms with E-state index in [1.165, 1.54) is 11.3 Å². The zero-order valence-electron chi connectivity index (χ0n) is 12.6. The fourth-order valence-corrected chi connectivity index (χ4v) is 5.49. The first-order valence-corrected chi connectivity index (χ1v) is 8.99. The molecule has 0 radical (unpaired) electrons. The topological polar surface area (TPSA) is 67.4 Å². The van der Waals surface area contributed by atoms with Crippen molar-refractivity contribution < 1.29 is 13.2 Å². The van der Waals surface area contributed by atoms with Gasteiger partial charge >= 0.3 is 0 Å². The van der Waals surface area contributed by atoms with E-state index in [-0.39, 0.29) is 17.9 Å². The van der Waals surface area contributed by atoms with Crippen molar-refractivity contribution in [3.8, 4) is 0 Å². The van der Waals surface area contributed by atoms with Gasteiger partial charge in [0, 0.05) is 18.5 Å². The average molecular weight is 355 g/mol. The maximum atomic E-state index is 12.4. The van der Waals surface area contributed by atoms with Crippen LogP contribution < -0.4 is 10.0 Å². The minimum atomic E-state index is -3.44. The molecule has 0 aliphatic carbocycles. The molecule has 5 nitrogen and oxygen atoms in total. The normalized spacial score (nSPS) is 22.2. The van der Waals surface area contributed by atoms with Crippen LogP contribution in [0.25, 0.3) is 0 Å². The summed E-state index contributed by atoms with van der Waals surface area (Å²) < 4.78 is 33.2. The fourth-order valence-electron chi connectivity index (χ4n) is 2.66. The van der Waals surface area contributed by atoms with Gasteiger partial charge in [0.1, 0.15) is 4.21 Å². The highest BCUT2D eigenvalue weighted by Gasteiger charge is 2.35. The zero-order chi connectivity index (χ0) is 14.8. The third-order valence-corrected chi connectivity index (χ3v) is 6.78. The smallest absolute Gasteiger partial charge is 0.250 e. The monoisotopic (exact) mass is 354 g/mol. The number of nitrogens with one attached hydrogen (secondary N) is 2. The van der Waals surface area contributed by atoms with Crippen LogP contribution in [0.15, 0.2) is 10.3 Å². The van der Waals surface area contributed by atoms with Gasteiger partial charge in [0.25, 0.3) is 0 Å².